The summed E-state index contributed by atoms with van der Waals surface area (Å²) in [6.07, 6.45) is 2.36. The highest BCUT2D eigenvalue weighted by Gasteiger charge is 2.28. The first-order valence-electron chi connectivity index (χ1n) is 6.65. The van der Waals surface area contributed by atoms with Gasteiger partial charge in [0.2, 0.25) is 0 Å². The quantitative estimate of drug-likeness (QED) is 0.859. The van der Waals surface area contributed by atoms with E-state index in [0.717, 1.165) is 27.4 Å². The van der Waals surface area contributed by atoms with Gasteiger partial charge in [0, 0.05) is 10.4 Å². The molecular weight excluding hydrogens is 324 g/mol. The molecule has 0 radical (unpaired) electrons. The second-order valence-corrected chi connectivity index (χ2v) is 5.89. The fraction of sp³-hybridized carbons (Fsp3) is 0.462. The largest absolute Gasteiger partial charge is 0.486 e. The summed E-state index contributed by atoms with van der Waals surface area (Å²) in [5, 5.41) is 12.6. The Morgan fingerprint density at radius 1 is 1.20 bits per heavy atom. The Morgan fingerprint density at radius 2 is 1.95 bits per heavy atom. The fourth-order valence-electron chi connectivity index (χ4n) is 2.21. The van der Waals surface area contributed by atoms with Gasteiger partial charge < -0.3 is 9.47 Å². The molecule has 1 aromatic carbocycles. The molecule has 1 aliphatic carbocycles. The molecule has 0 unspecified atom stereocenters. The molecule has 0 N–H and O–H groups in total. The van der Waals surface area contributed by atoms with E-state index in [1.807, 2.05) is 12.1 Å². The van der Waals surface area contributed by atoms with Gasteiger partial charge in [-0.1, -0.05) is 15.9 Å². The van der Waals surface area contributed by atoms with Crippen LogP contribution < -0.4 is 9.47 Å². The van der Waals surface area contributed by atoms with Gasteiger partial charge in [-0.25, -0.2) is 0 Å². The van der Waals surface area contributed by atoms with Crippen molar-refractivity contribution in [3.05, 3.63) is 28.0 Å². The molecule has 4 rings (SSSR count). The first-order chi connectivity index (χ1) is 9.79. The Bertz CT molecular complexity index is 654. The number of fused-ring (bicyclic) bond motifs is 1. The molecule has 0 amide bonds. The van der Waals surface area contributed by atoms with Crippen LogP contribution in [0.5, 0.6) is 11.5 Å². The molecular formula is C13H13BrN4O2. The van der Waals surface area contributed by atoms with Crippen molar-refractivity contribution in [3.63, 3.8) is 0 Å². The molecule has 2 heterocycles. The highest BCUT2D eigenvalue weighted by atomic mass is 79.9. The molecule has 0 atom stereocenters. The van der Waals surface area contributed by atoms with E-state index >= 15 is 0 Å². The van der Waals surface area contributed by atoms with Crippen molar-refractivity contribution in [2.45, 2.75) is 25.3 Å². The Hall–Kier alpha value is -1.63. The molecule has 6 nitrogen and oxygen atoms in total. The van der Waals surface area contributed by atoms with E-state index in [9.17, 15) is 0 Å². The molecule has 1 aliphatic heterocycles. The lowest BCUT2D eigenvalue weighted by Gasteiger charge is -2.19. The first-order valence-corrected chi connectivity index (χ1v) is 7.44. The number of benzene rings is 1. The summed E-state index contributed by atoms with van der Waals surface area (Å²) >= 11 is 3.56. The van der Waals surface area contributed by atoms with Gasteiger partial charge in [-0.3, -0.25) is 0 Å². The number of hydrogen-bond acceptors (Lipinski definition) is 5. The summed E-state index contributed by atoms with van der Waals surface area (Å²) in [4.78, 5) is 1.63. The SMILES string of the molecule is Brc1cc2c(cc1Cn1nnc(C3CC3)n1)OCCO2. The van der Waals surface area contributed by atoms with Crippen LogP contribution in [0.15, 0.2) is 16.6 Å². The number of aromatic nitrogens is 4. The van der Waals surface area contributed by atoms with Gasteiger partial charge in [-0.15, -0.1) is 10.2 Å². The molecule has 2 aromatic rings. The normalized spacial score (nSPS) is 17.2. The second-order valence-electron chi connectivity index (χ2n) is 5.04. The zero-order valence-corrected chi connectivity index (χ0v) is 12.3. The standard InChI is InChI=1S/C13H13BrN4O2/c14-10-6-12-11(19-3-4-20-12)5-9(10)7-18-16-13(15-17-18)8-1-2-8/h5-6,8H,1-4,7H2. The number of tetrazole rings is 1. The number of halogens is 1. The Kier molecular flexibility index (Phi) is 2.87. The predicted molar refractivity (Wildman–Crippen MR) is 74.0 cm³/mol. The third kappa shape index (κ3) is 2.26. The zero-order chi connectivity index (χ0) is 13.5. The summed E-state index contributed by atoms with van der Waals surface area (Å²) in [6, 6.07) is 3.90. The van der Waals surface area contributed by atoms with Crippen molar-refractivity contribution in [2.75, 3.05) is 13.2 Å². The van der Waals surface area contributed by atoms with E-state index < -0.39 is 0 Å². The van der Waals surface area contributed by atoms with Crippen LogP contribution in [0.4, 0.5) is 0 Å². The van der Waals surface area contributed by atoms with Crippen molar-refractivity contribution in [3.8, 4) is 11.5 Å². The van der Waals surface area contributed by atoms with Gasteiger partial charge >= 0.3 is 0 Å². The molecule has 2 aliphatic rings. The molecule has 104 valence electrons. The maximum atomic E-state index is 5.60. The Labute approximate surface area is 124 Å². The summed E-state index contributed by atoms with van der Waals surface area (Å²) < 4.78 is 12.1. The average molecular weight is 337 g/mol. The van der Waals surface area contributed by atoms with Crippen molar-refractivity contribution in [1.82, 2.24) is 20.2 Å². The van der Waals surface area contributed by atoms with Crippen LogP contribution >= 0.6 is 15.9 Å². The highest BCUT2D eigenvalue weighted by Crippen LogP contribution is 2.38. The third-order valence-corrected chi connectivity index (χ3v) is 4.17. The van der Waals surface area contributed by atoms with Crippen molar-refractivity contribution < 1.29 is 9.47 Å². The monoisotopic (exact) mass is 336 g/mol. The van der Waals surface area contributed by atoms with Crippen molar-refractivity contribution in [1.29, 1.82) is 0 Å². The average Bonchev–Trinajstić information content (AvgIpc) is 3.20. The molecule has 0 saturated heterocycles. The van der Waals surface area contributed by atoms with Crippen LogP contribution in [0, 0.1) is 0 Å². The summed E-state index contributed by atoms with van der Waals surface area (Å²) in [7, 11) is 0. The molecule has 20 heavy (non-hydrogen) atoms. The third-order valence-electron chi connectivity index (χ3n) is 3.43. The lowest BCUT2D eigenvalue weighted by Crippen LogP contribution is -2.16. The van der Waals surface area contributed by atoms with E-state index in [1.54, 1.807) is 4.80 Å². The number of hydrogen-bond donors (Lipinski definition) is 0. The fourth-order valence-corrected chi connectivity index (χ4v) is 2.65. The van der Waals surface area contributed by atoms with Crippen molar-refractivity contribution in [2.24, 2.45) is 0 Å². The van der Waals surface area contributed by atoms with E-state index in [-0.39, 0.29) is 0 Å². The smallest absolute Gasteiger partial charge is 0.177 e. The van der Waals surface area contributed by atoms with E-state index in [2.05, 4.69) is 31.3 Å². The van der Waals surface area contributed by atoms with Crippen LogP contribution in [0.3, 0.4) is 0 Å². The van der Waals surface area contributed by atoms with Crippen LogP contribution in [-0.4, -0.2) is 33.4 Å². The number of ether oxygens (including phenoxy) is 2. The van der Waals surface area contributed by atoms with E-state index in [0.29, 0.717) is 25.7 Å². The molecule has 7 heteroatoms. The minimum absolute atomic E-state index is 0.521. The summed E-state index contributed by atoms with van der Waals surface area (Å²) in [5.41, 5.74) is 1.05. The summed E-state index contributed by atoms with van der Waals surface area (Å²) in [6.45, 7) is 1.74. The molecule has 0 spiro atoms. The Morgan fingerprint density at radius 3 is 2.70 bits per heavy atom. The maximum absolute atomic E-state index is 5.60. The molecule has 1 aromatic heterocycles. The molecule has 1 fully saturated rings. The predicted octanol–water partition coefficient (Wildman–Crippen LogP) is 2.13. The number of rotatable bonds is 3. The van der Waals surface area contributed by atoms with E-state index in [4.69, 9.17) is 9.47 Å². The van der Waals surface area contributed by atoms with Crippen LogP contribution in [0.25, 0.3) is 0 Å². The second kappa shape index (κ2) is 4.73. The zero-order valence-electron chi connectivity index (χ0n) is 10.8. The molecule has 1 saturated carbocycles. The maximum Gasteiger partial charge on any atom is 0.177 e. The van der Waals surface area contributed by atoms with Gasteiger partial charge in [0.05, 0.1) is 6.54 Å². The van der Waals surface area contributed by atoms with Gasteiger partial charge in [-0.05, 0) is 35.8 Å². The van der Waals surface area contributed by atoms with Crippen LogP contribution in [-0.2, 0) is 6.54 Å². The van der Waals surface area contributed by atoms with Crippen LogP contribution in [0.2, 0.25) is 0 Å². The van der Waals surface area contributed by atoms with Crippen LogP contribution in [0.1, 0.15) is 30.1 Å². The first kappa shape index (κ1) is 12.1. The van der Waals surface area contributed by atoms with Gasteiger partial charge in [0.1, 0.15) is 13.2 Å². The number of nitrogens with zero attached hydrogens (tertiary/aromatic N) is 4. The van der Waals surface area contributed by atoms with Gasteiger partial charge in [0.15, 0.2) is 17.3 Å². The lowest BCUT2D eigenvalue weighted by molar-refractivity contribution is 0.171. The van der Waals surface area contributed by atoms with Gasteiger partial charge in [0.25, 0.3) is 0 Å². The minimum Gasteiger partial charge on any atom is -0.486 e. The van der Waals surface area contributed by atoms with E-state index in [1.165, 1.54) is 12.8 Å². The molecule has 0 bridgehead atoms. The summed E-state index contributed by atoms with van der Waals surface area (Å²) in [5.74, 6) is 2.93. The lowest BCUT2D eigenvalue weighted by atomic mass is 10.2. The topological polar surface area (TPSA) is 62.1 Å². The highest BCUT2D eigenvalue weighted by molar-refractivity contribution is 9.10. The Balaban J connectivity index is 1.60. The van der Waals surface area contributed by atoms with Crippen molar-refractivity contribution >= 4 is 15.9 Å². The minimum atomic E-state index is 0.521. The van der Waals surface area contributed by atoms with Gasteiger partial charge in [-0.2, -0.15) is 4.80 Å².